The van der Waals surface area contributed by atoms with Gasteiger partial charge in [0, 0.05) is 17.9 Å². The minimum atomic E-state index is -1.14. The van der Waals surface area contributed by atoms with Crippen LogP contribution in [-0.4, -0.2) is 55.5 Å². The molecule has 3 amide bonds. The first-order valence-electron chi connectivity index (χ1n) is 14.5. The van der Waals surface area contributed by atoms with Gasteiger partial charge in [-0.1, -0.05) is 62.4 Å². The third-order valence-corrected chi connectivity index (χ3v) is 8.79. The Balaban J connectivity index is 1.25. The highest BCUT2D eigenvalue weighted by molar-refractivity contribution is 6.10. The van der Waals surface area contributed by atoms with E-state index in [2.05, 4.69) is 5.32 Å². The molecule has 1 fully saturated rings. The fraction of sp³-hybridized carbons (Fsp3) is 0.353. The van der Waals surface area contributed by atoms with Crippen molar-refractivity contribution in [1.82, 2.24) is 4.90 Å². The van der Waals surface area contributed by atoms with Gasteiger partial charge in [-0.05, 0) is 46.7 Å². The summed E-state index contributed by atoms with van der Waals surface area (Å²) in [5.41, 5.74) is 4.59. The molecule has 0 aromatic heterocycles. The van der Waals surface area contributed by atoms with E-state index in [9.17, 15) is 19.2 Å². The molecule has 0 spiro atoms. The van der Waals surface area contributed by atoms with Crippen molar-refractivity contribution in [3.63, 3.8) is 0 Å². The van der Waals surface area contributed by atoms with Gasteiger partial charge in [0.15, 0.2) is 6.61 Å². The first-order valence-corrected chi connectivity index (χ1v) is 14.5. The molecule has 4 aliphatic rings. The summed E-state index contributed by atoms with van der Waals surface area (Å²) in [4.78, 5) is 55.9. The second-order valence-corrected chi connectivity index (χ2v) is 11.7. The van der Waals surface area contributed by atoms with Crippen LogP contribution < -0.4 is 14.8 Å². The Morgan fingerprint density at radius 3 is 1.81 bits per heavy atom. The Morgan fingerprint density at radius 2 is 1.35 bits per heavy atom. The molecule has 2 bridgehead atoms. The number of carbonyl (C=O) groups excluding carboxylic acids is 4. The Labute approximate surface area is 250 Å². The number of amides is 3. The molecule has 3 aliphatic carbocycles. The molecule has 0 radical (unpaired) electrons. The number of carbonyl (C=O) groups is 4. The van der Waals surface area contributed by atoms with Crippen molar-refractivity contribution in [1.29, 1.82) is 0 Å². The molecular formula is C34H34N2O7. The average Bonchev–Trinajstić information content (AvgIpc) is 3.28. The van der Waals surface area contributed by atoms with Crippen molar-refractivity contribution >= 4 is 29.4 Å². The number of esters is 1. The number of hydrogen-bond donors (Lipinski definition) is 1. The zero-order chi connectivity index (χ0) is 30.4. The van der Waals surface area contributed by atoms with Gasteiger partial charge >= 0.3 is 5.97 Å². The second kappa shape index (κ2) is 11.2. The van der Waals surface area contributed by atoms with E-state index in [1.54, 1.807) is 18.2 Å². The van der Waals surface area contributed by atoms with E-state index in [0.717, 1.165) is 27.2 Å². The van der Waals surface area contributed by atoms with Crippen LogP contribution in [-0.2, 0) is 23.9 Å². The zero-order valence-corrected chi connectivity index (χ0v) is 24.5. The van der Waals surface area contributed by atoms with Crippen molar-refractivity contribution in [3.8, 4) is 11.5 Å². The van der Waals surface area contributed by atoms with E-state index in [1.807, 2.05) is 62.4 Å². The van der Waals surface area contributed by atoms with Gasteiger partial charge in [0.05, 0.1) is 31.7 Å². The van der Waals surface area contributed by atoms with Gasteiger partial charge in [0.25, 0.3) is 5.91 Å². The van der Waals surface area contributed by atoms with Crippen LogP contribution >= 0.6 is 0 Å². The standard InChI is InChI=1S/C34H34N2O7/c1-18(2)15-25(34(40)43-17-27(37)35-24-16-19(41-3)13-14-26(24)42-4)36-32(38)30-28-20-9-5-6-10-21(20)29(31(30)33(36)39)23-12-8-7-11-22(23)28/h5-14,16,18,25,28-31H,15,17H2,1-4H3,(H,35,37)/t25-,28?,29?,30-,31-/m0/s1. The monoisotopic (exact) mass is 582 g/mol. The Hall–Kier alpha value is -4.66. The van der Waals surface area contributed by atoms with E-state index < -0.39 is 36.4 Å². The molecule has 3 aromatic carbocycles. The molecule has 0 saturated carbocycles. The highest BCUT2D eigenvalue weighted by atomic mass is 16.5. The summed E-state index contributed by atoms with van der Waals surface area (Å²) in [5.74, 6) is -2.97. The highest BCUT2D eigenvalue weighted by Gasteiger charge is 2.63. The maximum atomic E-state index is 14.2. The van der Waals surface area contributed by atoms with Gasteiger partial charge in [-0.3, -0.25) is 19.3 Å². The summed E-state index contributed by atoms with van der Waals surface area (Å²) in [6.45, 7) is 3.23. The van der Waals surface area contributed by atoms with Gasteiger partial charge < -0.3 is 19.5 Å². The van der Waals surface area contributed by atoms with Crippen LogP contribution in [0.15, 0.2) is 66.7 Å². The topological polar surface area (TPSA) is 111 Å². The number of hydrogen-bond acceptors (Lipinski definition) is 7. The van der Waals surface area contributed by atoms with Gasteiger partial charge in [-0.2, -0.15) is 0 Å². The number of methoxy groups -OCH3 is 2. The van der Waals surface area contributed by atoms with E-state index in [0.29, 0.717) is 17.2 Å². The largest absolute Gasteiger partial charge is 0.497 e. The van der Waals surface area contributed by atoms with Crippen molar-refractivity contribution < 1.29 is 33.4 Å². The van der Waals surface area contributed by atoms with E-state index >= 15 is 0 Å². The predicted octanol–water partition coefficient (Wildman–Crippen LogP) is 4.49. The summed E-state index contributed by atoms with van der Waals surface area (Å²) < 4.78 is 16.0. The number of nitrogens with one attached hydrogen (secondary N) is 1. The van der Waals surface area contributed by atoms with Gasteiger partial charge in [-0.25, -0.2) is 4.79 Å². The lowest BCUT2D eigenvalue weighted by Gasteiger charge is -2.45. The molecule has 9 nitrogen and oxygen atoms in total. The number of likely N-dealkylation sites (tertiary alicyclic amines) is 1. The third kappa shape index (κ3) is 4.73. The molecule has 43 heavy (non-hydrogen) atoms. The fourth-order valence-corrected chi connectivity index (χ4v) is 7.09. The fourth-order valence-electron chi connectivity index (χ4n) is 7.09. The van der Waals surface area contributed by atoms with Gasteiger partial charge in [0.2, 0.25) is 11.8 Å². The molecule has 9 heteroatoms. The average molecular weight is 583 g/mol. The van der Waals surface area contributed by atoms with Gasteiger partial charge in [0.1, 0.15) is 17.5 Å². The quantitative estimate of drug-likeness (QED) is 0.292. The molecule has 1 heterocycles. The van der Waals surface area contributed by atoms with Crippen LogP contribution in [0.4, 0.5) is 5.69 Å². The maximum Gasteiger partial charge on any atom is 0.329 e. The summed E-state index contributed by atoms with van der Waals surface area (Å²) >= 11 is 0. The molecule has 1 aliphatic heterocycles. The summed E-state index contributed by atoms with van der Waals surface area (Å²) in [5, 5.41) is 2.67. The molecule has 1 N–H and O–H groups in total. The number of anilines is 1. The van der Waals surface area contributed by atoms with Gasteiger partial charge in [-0.15, -0.1) is 0 Å². The van der Waals surface area contributed by atoms with Crippen LogP contribution in [0, 0.1) is 17.8 Å². The predicted molar refractivity (Wildman–Crippen MR) is 158 cm³/mol. The van der Waals surface area contributed by atoms with Crippen LogP contribution in [0.25, 0.3) is 0 Å². The third-order valence-electron chi connectivity index (χ3n) is 8.79. The van der Waals surface area contributed by atoms with Crippen molar-refractivity contribution in [3.05, 3.63) is 89.0 Å². The first kappa shape index (κ1) is 28.5. The Bertz CT molecular complexity index is 1500. The number of benzene rings is 3. The number of nitrogens with zero attached hydrogens (tertiary/aromatic N) is 1. The molecule has 7 rings (SSSR count). The molecule has 222 valence electrons. The molecule has 3 aromatic rings. The van der Waals surface area contributed by atoms with Crippen molar-refractivity contribution in [2.75, 3.05) is 26.1 Å². The van der Waals surface area contributed by atoms with Crippen molar-refractivity contribution in [2.24, 2.45) is 17.8 Å². The lowest BCUT2D eigenvalue weighted by atomic mass is 9.55. The Kier molecular flexibility index (Phi) is 7.42. The van der Waals surface area contributed by atoms with E-state index in [-0.39, 0.29) is 36.0 Å². The lowest BCUT2D eigenvalue weighted by Crippen LogP contribution is -2.47. The summed E-state index contributed by atoms with van der Waals surface area (Å²) in [6.07, 6.45) is 0.219. The number of ether oxygens (including phenoxy) is 3. The minimum absolute atomic E-state index is 0.0261. The van der Waals surface area contributed by atoms with Crippen LogP contribution in [0.3, 0.4) is 0 Å². The maximum absolute atomic E-state index is 14.2. The molecule has 3 atom stereocenters. The van der Waals surface area contributed by atoms with Crippen LogP contribution in [0.1, 0.15) is 54.4 Å². The normalized spacial score (nSPS) is 22.0. The van der Waals surface area contributed by atoms with Crippen LogP contribution in [0.5, 0.6) is 11.5 Å². The number of rotatable bonds is 9. The molecule has 0 unspecified atom stereocenters. The molecule has 1 saturated heterocycles. The number of imide groups is 1. The van der Waals surface area contributed by atoms with Crippen molar-refractivity contribution in [2.45, 2.75) is 38.1 Å². The zero-order valence-electron chi connectivity index (χ0n) is 24.5. The molecular weight excluding hydrogens is 548 g/mol. The van der Waals surface area contributed by atoms with Crippen LogP contribution in [0.2, 0.25) is 0 Å². The highest BCUT2D eigenvalue weighted by Crippen LogP contribution is 2.61. The lowest BCUT2D eigenvalue weighted by molar-refractivity contribution is -0.160. The summed E-state index contributed by atoms with van der Waals surface area (Å²) in [7, 11) is 2.98. The summed E-state index contributed by atoms with van der Waals surface area (Å²) in [6, 6.07) is 19.8. The van der Waals surface area contributed by atoms with E-state index in [4.69, 9.17) is 14.2 Å². The SMILES string of the molecule is COc1ccc(OC)c(NC(=O)COC(=O)[C@H](CC(C)C)N2C(=O)[C@H]3C4c5ccccc5C(c5ccccc54)[C@@H]3C2=O)c1. The Morgan fingerprint density at radius 1 is 0.814 bits per heavy atom. The minimum Gasteiger partial charge on any atom is -0.497 e. The van der Waals surface area contributed by atoms with E-state index in [1.165, 1.54) is 14.2 Å². The smallest absolute Gasteiger partial charge is 0.329 e. The second-order valence-electron chi connectivity index (χ2n) is 11.7. The first-order chi connectivity index (χ1) is 20.7.